The van der Waals surface area contributed by atoms with Crippen molar-refractivity contribution in [2.45, 2.75) is 5.88 Å². The van der Waals surface area contributed by atoms with Gasteiger partial charge in [-0.15, -0.1) is 11.6 Å². The molecule has 0 unspecified atom stereocenters. The predicted molar refractivity (Wildman–Crippen MR) is 57.0 cm³/mol. The van der Waals surface area contributed by atoms with Crippen LogP contribution >= 0.6 is 11.6 Å². The van der Waals surface area contributed by atoms with Crippen LogP contribution in [-0.2, 0) is 5.88 Å². The summed E-state index contributed by atoms with van der Waals surface area (Å²) < 4.78 is 13.4. The average molecular weight is 223 g/mol. The molecule has 2 rings (SSSR count). The molecule has 0 amide bonds. The molecule has 2 nitrogen and oxygen atoms in total. The Morgan fingerprint density at radius 2 is 2.07 bits per heavy atom. The van der Waals surface area contributed by atoms with Crippen molar-refractivity contribution >= 4 is 11.6 Å². The van der Waals surface area contributed by atoms with Gasteiger partial charge in [-0.2, -0.15) is 0 Å². The standard InChI is InChI=1S/C11H8ClFN2/c12-4-9-10(6-15-7-11(9)13)8-2-1-3-14-5-8/h1-3,5-7H,4H2. The Morgan fingerprint density at radius 3 is 2.73 bits per heavy atom. The van der Waals surface area contributed by atoms with Gasteiger partial charge in [0.2, 0.25) is 0 Å². The summed E-state index contributed by atoms with van der Waals surface area (Å²) in [4.78, 5) is 7.78. The van der Waals surface area contributed by atoms with Crippen LogP contribution in [0.25, 0.3) is 11.1 Å². The highest BCUT2D eigenvalue weighted by Crippen LogP contribution is 2.25. The monoisotopic (exact) mass is 222 g/mol. The van der Waals surface area contributed by atoms with E-state index in [-0.39, 0.29) is 11.7 Å². The highest BCUT2D eigenvalue weighted by Gasteiger charge is 2.09. The predicted octanol–water partition coefficient (Wildman–Crippen LogP) is 3.02. The molecular formula is C11H8ClFN2. The number of aromatic nitrogens is 2. The van der Waals surface area contributed by atoms with Gasteiger partial charge in [0.15, 0.2) is 0 Å². The fourth-order valence-electron chi connectivity index (χ4n) is 1.37. The van der Waals surface area contributed by atoms with Gasteiger partial charge >= 0.3 is 0 Å². The normalized spacial score (nSPS) is 10.3. The van der Waals surface area contributed by atoms with Crippen molar-refractivity contribution in [2.75, 3.05) is 0 Å². The molecular weight excluding hydrogens is 215 g/mol. The van der Waals surface area contributed by atoms with Crippen LogP contribution in [0.15, 0.2) is 36.9 Å². The van der Waals surface area contributed by atoms with E-state index in [9.17, 15) is 4.39 Å². The topological polar surface area (TPSA) is 25.8 Å². The second-order valence-electron chi connectivity index (χ2n) is 3.02. The largest absolute Gasteiger partial charge is 0.264 e. The van der Waals surface area contributed by atoms with E-state index < -0.39 is 0 Å². The Labute approximate surface area is 91.8 Å². The van der Waals surface area contributed by atoms with Crippen molar-refractivity contribution in [1.29, 1.82) is 0 Å². The molecule has 2 aromatic rings. The van der Waals surface area contributed by atoms with Gasteiger partial charge in [-0.25, -0.2) is 4.39 Å². The average Bonchev–Trinajstić information content (AvgIpc) is 2.30. The number of nitrogens with zero attached hydrogens (tertiary/aromatic N) is 2. The molecule has 0 fully saturated rings. The maximum absolute atomic E-state index is 13.4. The summed E-state index contributed by atoms with van der Waals surface area (Å²) in [6, 6.07) is 3.64. The molecule has 0 radical (unpaired) electrons. The van der Waals surface area contributed by atoms with E-state index in [1.807, 2.05) is 6.07 Å². The van der Waals surface area contributed by atoms with Crippen LogP contribution in [0.4, 0.5) is 4.39 Å². The third kappa shape index (κ3) is 1.97. The van der Waals surface area contributed by atoms with Crippen LogP contribution in [0.3, 0.4) is 0 Å². The first-order valence-electron chi connectivity index (χ1n) is 4.41. The van der Waals surface area contributed by atoms with Crippen molar-refractivity contribution < 1.29 is 4.39 Å². The fourth-order valence-corrected chi connectivity index (χ4v) is 1.64. The Bertz CT molecular complexity index is 459. The Kier molecular flexibility index (Phi) is 2.92. The van der Waals surface area contributed by atoms with Gasteiger partial charge in [0, 0.05) is 35.3 Å². The van der Waals surface area contributed by atoms with Crippen LogP contribution in [0.1, 0.15) is 5.56 Å². The highest BCUT2D eigenvalue weighted by molar-refractivity contribution is 6.17. The zero-order chi connectivity index (χ0) is 10.7. The molecule has 0 N–H and O–H groups in total. The number of rotatable bonds is 2. The van der Waals surface area contributed by atoms with Crippen LogP contribution in [0.5, 0.6) is 0 Å². The van der Waals surface area contributed by atoms with Crippen molar-refractivity contribution in [2.24, 2.45) is 0 Å². The van der Waals surface area contributed by atoms with Gasteiger partial charge < -0.3 is 0 Å². The van der Waals surface area contributed by atoms with E-state index in [4.69, 9.17) is 11.6 Å². The van der Waals surface area contributed by atoms with E-state index in [1.165, 1.54) is 0 Å². The first-order valence-corrected chi connectivity index (χ1v) is 4.95. The van der Waals surface area contributed by atoms with E-state index in [1.54, 1.807) is 24.7 Å². The highest BCUT2D eigenvalue weighted by atomic mass is 35.5. The minimum Gasteiger partial charge on any atom is -0.264 e. The van der Waals surface area contributed by atoms with Gasteiger partial charge in [0.05, 0.1) is 12.1 Å². The molecule has 0 spiro atoms. The third-order valence-electron chi connectivity index (χ3n) is 2.11. The van der Waals surface area contributed by atoms with Gasteiger partial charge in [0.1, 0.15) is 5.82 Å². The van der Waals surface area contributed by atoms with Gasteiger partial charge in [-0.1, -0.05) is 6.07 Å². The summed E-state index contributed by atoms with van der Waals surface area (Å²) in [5, 5.41) is 0. The molecule has 4 heteroatoms. The lowest BCUT2D eigenvalue weighted by Gasteiger charge is -2.06. The third-order valence-corrected chi connectivity index (χ3v) is 2.38. The quantitative estimate of drug-likeness (QED) is 0.730. The van der Waals surface area contributed by atoms with E-state index in [0.717, 1.165) is 11.8 Å². The van der Waals surface area contributed by atoms with E-state index >= 15 is 0 Å². The van der Waals surface area contributed by atoms with Crippen molar-refractivity contribution in [3.05, 3.63) is 48.3 Å². The van der Waals surface area contributed by atoms with Crippen LogP contribution in [0.2, 0.25) is 0 Å². The second kappa shape index (κ2) is 4.36. The summed E-state index contributed by atoms with van der Waals surface area (Å²) in [6.45, 7) is 0. The molecule has 2 aromatic heterocycles. The molecule has 2 heterocycles. The minimum absolute atomic E-state index is 0.124. The minimum atomic E-state index is -0.383. The Morgan fingerprint density at radius 1 is 1.20 bits per heavy atom. The van der Waals surface area contributed by atoms with Crippen LogP contribution in [0, 0.1) is 5.82 Å². The Hall–Kier alpha value is -1.48. The summed E-state index contributed by atoms with van der Waals surface area (Å²) in [6.07, 6.45) is 6.08. The summed E-state index contributed by atoms with van der Waals surface area (Å²) in [7, 11) is 0. The summed E-state index contributed by atoms with van der Waals surface area (Å²) in [5.74, 6) is -0.259. The molecule has 0 atom stereocenters. The van der Waals surface area contributed by atoms with Crippen molar-refractivity contribution in [3.8, 4) is 11.1 Å². The van der Waals surface area contributed by atoms with Crippen molar-refractivity contribution in [3.63, 3.8) is 0 Å². The molecule has 76 valence electrons. The molecule has 0 aromatic carbocycles. The van der Waals surface area contributed by atoms with Gasteiger partial charge in [-0.05, 0) is 6.07 Å². The summed E-state index contributed by atoms with van der Waals surface area (Å²) in [5.41, 5.74) is 1.97. The molecule has 0 saturated heterocycles. The summed E-state index contributed by atoms with van der Waals surface area (Å²) >= 11 is 5.70. The zero-order valence-electron chi connectivity index (χ0n) is 7.82. The number of hydrogen-bond acceptors (Lipinski definition) is 2. The maximum atomic E-state index is 13.4. The van der Waals surface area contributed by atoms with Crippen LogP contribution < -0.4 is 0 Å². The van der Waals surface area contributed by atoms with Gasteiger partial charge in [-0.3, -0.25) is 9.97 Å². The SMILES string of the molecule is Fc1cncc(-c2cccnc2)c1CCl. The Balaban J connectivity index is 2.58. The molecule has 0 saturated carbocycles. The number of pyridine rings is 2. The molecule has 0 aliphatic carbocycles. The lowest BCUT2D eigenvalue weighted by atomic mass is 10.0. The number of alkyl halides is 1. The number of hydrogen-bond donors (Lipinski definition) is 0. The van der Waals surface area contributed by atoms with E-state index in [0.29, 0.717) is 11.1 Å². The first kappa shape index (κ1) is 10.1. The van der Waals surface area contributed by atoms with Crippen molar-refractivity contribution in [1.82, 2.24) is 9.97 Å². The molecule has 0 bridgehead atoms. The zero-order valence-corrected chi connectivity index (χ0v) is 8.58. The molecule has 0 aliphatic rings. The molecule has 0 aliphatic heterocycles. The van der Waals surface area contributed by atoms with E-state index in [2.05, 4.69) is 9.97 Å². The fraction of sp³-hybridized carbons (Fsp3) is 0.0909. The maximum Gasteiger partial charge on any atom is 0.146 e. The lowest BCUT2D eigenvalue weighted by molar-refractivity contribution is 0.611. The first-order chi connectivity index (χ1) is 7.33. The number of halogens is 2. The van der Waals surface area contributed by atoms with Crippen LogP contribution in [-0.4, -0.2) is 9.97 Å². The van der Waals surface area contributed by atoms with Gasteiger partial charge in [0.25, 0.3) is 0 Å². The second-order valence-corrected chi connectivity index (χ2v) is 3.29. The lowest BCUT2D eigenvalue weighted by Crippen LogP contribution is -1.93. The smallest absolute Gasteiger partial charge is 0.146 e. The molecule has 15 heavy (non-hydrogen) atoms.